The molecule has 8 heteroatoms. The number of anilines is 1. The number of ether oxygens (including phenoxy) is 1. The second kappa shape index (κ2) is 8.99. The Morgan fingerprint density at radius 2 is 1.75 bits per heavy atom. The lowest BCUT2D eigenvalue weighted by Crippen LogP contribution is -2.54. The second-order valence-corrected chi connectivity index (χ2v) is 6.83. The summed E-state index contributed by atoms with van der Waals surface area (Å²) in [6, 6.07) is 3.08. The molecule has 1 aliphatic rings. The van der Waals surface area contributed by atoms with Gasteiger partial charge in [0, 0.05) is 32.2 Å². The minimum Gasteiger partial charge on any atom is -0.495 e. The Hall–Kier alpha value is -0.880. The zero-order valence-electron chi connectivity index (χ0n) is 14.1. The molecular weight excluding hydrogens is 373 g/mol. The SMILES string of the molecule is COc1cc(N2CCN(C(=O)[C@H](N)C(C)C)CC2)c(Cl)cc1Cl.Cl. The predicted molar refractivity (Wildman–Crippen MR) is 102 cm³/mol. The highest BCUT2D eigenvalue weighted by molar-refractivity contribution is 6.37. The summed E-state index contributed by atoms with van der Waals surface area (Å²) in [6.07, 6.45) is 0. The Morgan fingerprint density at radius 1 is 1.17 bits per heavy atom. The van der Waals surface area contributed by atoms with Gasteiger partial charge in [-0.25, -0.2) is 0 Å². The average molecular weight is 397 g/mol. The first-order valence-corrected chi connectivity index (χ1v) is 8.43. The maximum Gasteiger partial charge on any atom is 0.239 e. The number of methoxy groups -OCH3 is 1. The van der Waals surface area contributed by atoms with Crippen LogP contribution in [0.2, 0.25) is 10.0 Å². The molecule has 1 aromatic carbocycles. The van der Waals surface area contributed by atoms with Crippen molar-refractivity contribution in [2.24, 2.45) is 11.7 Å². The molecule has 1 fully saturated rings. The van der Waals surface area contributed by atoms with Crippen LogP contribution in [0.1, 0.15) is 13.8 Å². The summed E-state index contributed by atoms with van der Waals surface area (Å²) in [5, 5.41) is 1.06. The molecule has 136 valence electrons. The molecular formula is C16H24Cl3N3O2. The standard InChI is InChI=1S/C16H23Cl2N3O2.ClH/c1-10(2)15(19)16(22)21-6-4-20(5-7-21)13-9-14(23-3)12(18)8-11(13)17;/h8-10,15H,4-7,19H2,1-3H3;1H/t15-;/m1./s1. The van der Waals surface area contributed by atoms with E-state index in [1.165, 1.54) is 0 Å². The number of nitrogens with two attached hydrogens (primary N) is 1. The molecule has 2 rings (SSSR count). The number of nitrogens with zero attached hydrogens (tertiary/aromatic N) is 2. The summed E-state index contributed by atoms with van der Waals surface area (Å²) < 4.78 is 5.25. The molecule has 0 saturated carbocycles. The third kappa shape index (κ3) is 4.60. The number of halogens is 3. The van der Waals surface area contributed by atoms with Crippen LogP contribution < -0.4 is 15.4 Å². The Balaban J connectivity index is 0.00000288. The van der Waals surface area contributed by atoms with Gasteiger partial charge in [0.15, 0.2) is 0 Å². The number of benzene rings is 1. The normalized spacial score (nSPS) is 16.0. The first kappa shape index (κ1) is 21.2. The van der Waals surface area contributed by atoms with Crippen molar-refractivity contribution >= 4 is 47.2 Å². The average Bonchev–Trinajstić information content (AvgIpc) is 2.54. The van der Waals surface area contributed by atoms with Gasteiger partial charge in [-0.3, -0.25) is 4.79 Å². The molecule has 1 amide bonds. The zero-order chi connectivity index (χ0) is 17.1. The van der Waals surface area contributed by atoms with E-state index < -0.39 is 6.04 Å². The summed E-state index contributed by atoms with van der Waals surface area (Å²) in [7, 11) is 1.57. The van der Waals surface area contributed by atoms with Crippen molar-refractivity contribution in [2.45, 2.75) is 19.9 Å². The minimum atomic E-state index is -0.444. The van der Waals surface area contributed by atoms with Crippen LogP contribution in [0.4, 0.5) is 5.69 Å². The van der Waals surface area contributed by atoms with Gasteiger partial charge in [-0.1, -0.05) is 37.0 Å². The molecule has 0 spiro atoms. The molecule has 1 aromatic rings. The van der Waals surface area contributed by atoms with Gasteiger partial charge in [0.2, 0.25) is 5.91 Å². The molecule has 24 heavy (non-hydrogen) atoms. The molecule has 1 atom stereocenters. The maximum absolute atomic E-state index is 12.3. The summed E-state index contributed by atoms with van der Waals surface area (Å²) in [6.45, 7) is 6.56. The lowest BCUT2D eigenvalue weighted by Gasteiger charge is -2.38. The molecule has 1 saturated heterocycles. The number of rotatable bonds is 4. The molecule has 1 aliphatic heterocycles. The van der Waals surface area contributed by atoms with Crippen LogP contribution in [-0.2, 0) is 4.79 Å². The van der Waals surface area contributed by atoms with E-state index in [9.17, 15) is 4.79 Å². The highest BCUT2D eigenvalue weighted by atomic mass is 35.5. The van der Waals surface area contributed by atoms with E-state index in [4.69, 9.17) is 33.7 Å². The number of hydrogen-bond acceptors (Lipinski definition) is 4. The number of carbonyl (C=O) groups excluding carboxylic acids is 1. The van der Waals surface area contributed by atoms with E-state index in [0.717, 1.165) is 5.69 Å². The number of carbonyl (C=O) groups is 1. The largest absolute Gasteiger partial charge is 0.495 e. The Bertz CT molecular complexity index is 576. The molecule has 0 radical (unpaired) electrons. The van der Waals surface area contributed by atoms with Gasteiger partial charge < -0.3 is 20.3 Å². The first-order valence-electron chi connectivity index (χ1n) is 7.67. The number of piperazine rings is 1. The predicted octanol–water partition coefficient (Wildman–Crippen LogP) is 3.06. The smallest absolute Gasteiger partial charge is 0.239 e. The van der Waals surface area contributed by atoms with Crippen molar-refractivity contribution in [3.05, 3.63) is 22.2 Å². The Labute approximate surface area is 159 Å². The molecule has 0 aromatic heterocycles. The van der Waals surface area contributed by atoms with Crippen LogP contribution >= 0.6 is 35.6 Å². The molecule has 0 bridgehead atoms. The van der Waals surface area contributed by atoms with E-state index in [2.05, 4.69) is 4.90 Å². The van der Waals surface area contributed by atoms with Crippen molar-refractivity contribution < 1.29 is 9.53 Å². The van der Waals surface area contributed by atoms with Gasteiger partial charge in [0.25, 0.3) is 0 Å². The van der Waals surface area contributed by atoms with Gasteiger partial charge in [-0.15, -0.1) is 12.4 Å². The topological polar surface area (TPSA) is 58.8 Å². The van der Waals surface area contributed by atoms with Crippen LogP contribution in [0.15, 0.2) is 12.1 Å². The lowest BCUT2D eigenvalue weighted by molar-refractivity contribution is -0.133. The van der Waals surface area contributed by atoms with Crippen LogP contribution in [0.5, 0.6) is 5.75 Å². The lowest BCUT2D eigenvalue weighted by atomic mass is 10.0. The van der Waals surface area contributed by atoms with Crippen molar-refractivity contribution in [3.63, 3.8) is 0 Å². The van der Waals surface area contributed by atoms with Crippen molar-refractivity contribution in [3.8, 4) is 5.75 Å². The van der Waals surface area contributed by atoms with Crippen molar-refractivity contribution in [1.82, 2.24) is 4.90 Å². The molecule has 0 unspecified atom stereocenters. The van der Waals surface area contributed by atoms with E-state index >= 15 is 0 Å². The third-order valence-corrected chi connectivity index (χ3v) is 4.75. The summed E-state index contributed by atoms with van der Waals surface area (Å²) in [5.74, 6) is 0.737. The van der Waals surface area contributed by atoms with Crippen LogP contribution in [-0.4, -0.2) is 50.1 Å². The fourth-order valence-electron chi connectivity index (χ4n) is 2.58. The summed E-state index contributed by atoms with van der Waals surface area (Å²) in [5.41, 5.74) is 6.83. The van der Waals surface area contributed by atoms with Crippen LogP contribution in [0, 0.1) is 5.92 Å². The van der Waals surface area contributed by atoms with Gasteiger partial charge in [0.1, 0.15) is 5.75 Å². The fourth-order valence-corrected chi connectivity index (χ4v) is 3.16. The zero-order valence-corrected chi connectivity index (χ0v) is 16.4. The van der Waals surface area contributed by atoms with E-state index in [1.54, 1.807) is 13.2 Å². The van der Waals surface area contributed by atoms with Crippen molar-refractivity contribution in [1.29, 1.82) is 0 Å². The Kier molecular flexibility index (Phi) is 7.93. The fraction of sp³-hybridized carbons (Fsp3) is 0.562. The van der Waals surface area contributed by atoms with Crippen molar-refractivity contribution in [2.75, 3.05) is 38.2 Å². The van der Waals surface area contributed by atoms with Crippen LogP contribution in [0.3, 0.4) is 0 Å². The highest BCUT2D eigenvalue weighted by Gasteiger charge is 2.27. The quantitative estimate of drug-likeness (QED) is 0.850. The molecule has 5 nitrogen and oxygen atoms in total. The molecule has 1 heterocycles. The number of amides is 1. The minimum absolute atomic E-state index is 0. The molecule has 2 N–H and O–H groups in total. The van der Waals surface area contributed by atoms with E-state index in [-0.39, 0.29) is 24.2 Å². The van der Waals surface area contributed by atoms with Gasteiger partial charge in [-0.05, 0) is 12.0 Å². The second-order valence-electron chi connectivity index (χ2n) is 6.02. The maximum atomic E-state index is 12.3. The van der Waals surface area contributed by atoms with E-state index in [0.29, 0.717) is 42.0 Å². The monoisotopic (exact) mass is 395 g/mol. The van der Waals surface area contributed by atoms with Gasteiger partial charge in [-0.2, -0.15) is 0 Å². The van der Waals surface area contributed by atoms with Gasteiger partial charge >= 0.3 is 0 Å². The molecule has 0 aliphatic carbocycles. The van der Waals surface area contributed by atoms with E-state index in [1.807, 2.05) is 24.8 Å². The summed E-state index contributed by atoms with van der Waals surface area (Å²) in [4.78, 5) is 16.3. The summed E-state index contributed by atoms with van der Waals surface area (Å²) >= 11 is 12.4. The Morgan fingerprint density at radius 3 is 2.25 bits per heavy atom. The van der Waals surface area contributed by atoms with Gasteiger partial charge in [0.05, 0.1) is 28.9 Å². The first-order chi connectivity index (χ1) is 10.8. The number of hydrogen-bond donors (Lipinski definition) is 1. The highest BCUT2D eigenvalue weighted by Crippen LogP contribution is 2.36. The third-order valence-electron chi connectivity index (χ3n) is 4.16. The van der Waals surface area contributed by atoms with Crippen LogP contribution in [0.25, 0.3) is 0 Å².